The summed E-state index contributed by atoms with van der Waals surface area (Å²) in [6, 6.07) is -5.72. The molecule has 0 spiro atoms. The van der Waals surface area contributed by atoms with Crippen molar-refractivity contribution in [1.29, 1.82) is 0 Å². The summed E-state index contributed by atoms with van der Waals surface area (Å²) in [4.78, 5) is 62.5. The quantitative estimate of drug-likeness (QED) is 0.162. The number of likely N-dealkylation sites (tertiary alicyclic amines) is 1. The van der Waals surface area contributed by atoms with Crippen molar-refractivity contribution in [3.05, 3.63) is 0 Å². The number of aliphatic hydroxyl groups excluding tert-OH is 2. The molecule has 0 bridgehead atoms. The fourth-order valence-electron chi connectivity index (χ4n) is 3.34. The molecule has 1 fully saturated rings. The molecule has 8 N–H and O–H groups in total. The van der Waals surface area contributed by atoms with Gasteiger partial charge in [-0.15, -0.1) is 0 Å². The second-order valence-electron chi connectivity index (χ2n) is 8.50. The molecule has 1 heterocycles. The number of amides is 4. The summed E-state index contributed by atoms with van der Waals surface area (Å²) in [5.41, 5.74) is 5.72. The Morgan fingerprint density at radius 3 is 2.12 bits per heavy atom. The lowest BCUT2D eigenvalue weighted by molar-refractivity contribution is -0.143. The maximum absolute atomic E-state index is 12.9. The van der Waals surface area contributed by atoms with E-state index >= 15 is 0 Å². The Balaban J connectivity index is 2.83. The summed E-state index contributed by atoms with van der Waals surface area (Å²) in [5.74, 6) is -4.42. The third-order valence-corrected chi connectivity index (χ3v) is 5.44. The van der Waals surface area contributed by atoms with Crippen molar-refractivity contribution in [1.82, 2.24) is 20.9 Å². The van der Waals surface area contributed by atoms with Crippen LogP contribution < -0.4 is 21.7 Å². The zero-order chi connectivity index (χ0) is 25.5. The smallest absolute Gasteiger partial charge is 0.328 e. The standard InChI is InChI=1S/C20H35N5O8/c1-9(2)15(18(30)22-10(3)16(28)23-12(8-26)20(32)33)24-17(29)13-6-5-7-25(13)19(31)14(21)11(4)27/h9-15,26-27H,5-8,21H2,1-4H3,(H,22,30)(H,23,28)(H,24,29)(H,32,33)/t10-,11+,12-,13-,14-,15-/m0/s1. The van der Waals surface area contributed by atoms with Crippen LogP contribution in [0.15, 0.2) is 0 Å². The molecule has 0 aromatic carbocycles. The Hall–Kier alpha value is -2.77. The minimum atomic E-state index is -1.52. The molecular formula is C20H35N5O8. The number of hydrogen-bond donors (Lipinski definition) is 7. The number of nitrogens with two attached hydrogens (primary N) is 1. The van der Waals surface area contributed by atoms with Crippen LogP contribution in [-0.4, -0.2) is 99.3 Å². The zero-order valence-electron chi connectivity index (χ0n) is 19.3. The van der Waals surface area contributed by atoms with Gasteiger partial charge < -0.3 is 41.9 Å². The minimum Gasteiger partial charge on any atom is -0.480 e. The van der Waals surface area contributed by atoms with Crippen molar-refractivity contribution >= 4 is 29.6 Å². The van der Waals surface area contributed by atoms with Crippen LogP contribution in [0.4, 0.5) is 0 Å². The summed E-state index contributed by atoms with van der Waals surface area (Å²) >= 11 is 0. The number of hydrogen-bond acceptors (Lipinski definition) is 8. The molecule has 13 nitrogen and oxygen atoms in total. The molecule has 0 aromatic rings. The van der Waals surface area contributed by atoms with E-state index in [1.807, 2.05) is 0 Å². The number of carbonyl (C=O) groups excluding carboxylic acids is 4. The number of nitrogens with zero attached hydrogens (tertiary/aromatic N) is 1. The van der Waals surface area contributed by atoms with Gasteiger partial charge in [-0.2, -0.15) is 0 Å². The highest BCUT2D eigenvalue weighted by molar-refractivity contribution is 5.95. The molecular weight excluding hydrogens is 438 g/mol. The van der Waals surface area contributed by atoms with Crippen LogP contribution in [0.1, 0.15) is 40.5 Å². The minimum absolute atomic E-state index is 0.294. The fraction of sp³-hybridized carbons (Fsp3) is 0.750. The summed E-state index contributed by atoms with van der Waals surface area (Å²) in [6.45, 7) is 5.55. The highest BCUT2D eigenvalue weighted by Gasteiger charge is 2.39. The van der Waals surface area contributed by atoms with E-state index in [0.29, 0.717) is 19.4 Å². The molecule has 13 heteroatoms. The van der Waals surface area contributed by atoms with Crippen LogP contribution in [0.25, 0.3) is 0 Å². The average molecular weight is 474 g/mol. The number of aliphatic hydroxyl groups is 2. The van der Waals surface area contributed by atoms with Gasteiger partial charge in [-0.25, -0.2) is 4.79 Å². The van der Waals surface area contributed by atoms with Gasteiger partial charge in [0.1, 0.15) is 30.2 Å². The lowest BCUT2D eigenvalue weighted by atomic mass is 10.0. The Morgan fingerprint density at radius 2 is 1.64 bits per heavy atom. The Kier molecular flexibility index (Phi) is 10.7. The zero-order valence-corrected chi connectivity index (χ0v) is 19.3. The maximum atomic E-state index is 12.9. The van der Waals surface area contributed by atoms with Crippen LogP contribution in [0.3, 0.4) is 0 Å². The summed E-state index contributed by atoms with van der Waals surface area (Å²) < 4.78 is 0. The van der Waals surface area contributed by atoms with Crippen LogP contribution in [0.5, 0.6) is 0 Å². The molecule has 1 saturated heterocycles. The lowest BCUT2D eigenvalue weighted by Crippen LogP contribution is -2.59. The summed E-state index contributed by atoms with van der Waals surface area (Å²) in [6.07, 6.45) is -0.162. The molecule has 0 aromatic heterocycles. The molecule has 0 radical (unpaired) electrons. The summed E-state index contributed by atoms with van der Waals surface area (Å²) in [7, 11) is 0. The predicted octanol–water partition coefficient (Wildman–Crippen LogP) is -3.11. The molecule has 0 aliphatic carbocycles. The Bertz CT molecular complexity index is 744. The molecule has 6 atom stereocenters. The van der Waals surface area contributed by atoms with Crippen molar-refractivity contribution < 1.29 is 39.3 Å². The molecule has 33 heavy (non-hydrogen) atoms. The average Bonchev–Trinajstić information content (AvgIpc) is 3.23. The lowest BCUT2D eigenvalue weighted by Gasteiger charge is -2.30. The van der Waals surface area contributed by atoms with E-state index in [4.69, 9.17) is 15.9 Å². The number of carboxylic acid groups (broad SMARTS) is 1. The molecule has 0 unspecified atom stereocenters. The fourth-order valence-corrected chi connectivity index (χ4v) is 3.34. The number of rotatable bonds is 11. The van der Waals surface area contributed by atoms with Crippen LogP contribution in [0, 0.1) is 5.92 Å². The van der Waals surface area contributed by atoms with E-state index < -0.39 is 72.5 Å². The molecule has 4 amide bonds. The van der Waals surface area contributed by atoms with Crippen LogP contribution >= 0.6 is 0 Å². The van der Waals surface area contributed by atoms with E-state index in [-0.39, 0.29) is 5.92 Å². The van der Waals surface area contributed by atoms with Crippen LogP contribution in [-0.2, 0) is 24.0 Å². The van der Waals surface area contributed by atoms with Crippen molar-refractivity contribution in [2.45, 2.75) is 76.8 Å². The third-order valence-electron chi connectivity index (χ3n) is 5.44. The first-order chi connectivity index (χ1) is 15.3. The van der Waals surface area contributed by atoms with Crippen molar-refractivity contribution in [2.24, 2.45) is 11.7 Å². The molecule has 1 aliphatic rings. The van der Waals surface area contributed by atoms with Gasteiger partial charge in [0.05, 0.1) is 12.7 Å². The highest BCUT2D eigenvalue weighted by atomic mass is 16.4. The number of carbonyl (C=O) groups is 5. The highest BCUT2D eigenvalue weighted by Crippen LogP contribution is 2.19. The van der Waals surface area contributed by atoms with Crippen molar-refractivity contribution in [3.63, 3.8) is 0 Å². The van der Waals surface area contributed by atoms with E-state index in [1.165, 1.54) is 18.7 Å². The number of carboxylic acids is 1. The first-order valence-electron chi connectivity index (χ1n) is 10.8. The largest absolute Gasteiger partial charge is 0.480 e. The van der Waals surface area contributed by atoms with Gasteiger partial charge in [0.25, 0.3) is 0 Å². The van der Waals surface area contributed by atoms with Gasteiger partial charge in [0.2, 0.25) is 23.6 Å². The van der Waals surface area contributed by atoms with E-state index in [9.17, 15) is 29.1 Å². The second kappa shape index (κ2) is 12.5. The molecule has 188 valence electrons. The van der Waals surface area contributed by atoms with Gasteiger partial charge in [-0.3, -0.25) is 19.2 Å². The monoisotopic (exact) mass is 473 g/mol. The van der Waals surface area contributed by atoms with Crippen LogP contribution in [0.2, 0.25) is 0 Å². The molecule has 0 saturated carbocycles. The predicted molar refractivity (Wildman–Crippen MR) is 115 cm³/mol. The van der Waals surface area contributed by atoms with E-state index in [1.54, 1.807) is 13.8 Å². The van der Waals surface area contributed by atoms with Gasteiger partial charge in [0.15, 0.2) is 0 Å². The summed E-state index contributed by atoms with van der Waals surface area (Å²) in [5, 5.41) is 34.7. The van der Waals surface area contributed by atoms with E-state index in [2.05, 4.69) is 16.0 Å². The normalized spacial score (nSPS) is 20.4. The van der Waals surface area contributed by atoms with E-state index in [0.717, 1.165) is 0 Å². The molecule has 1 rings (SSSR count). The van der Waals surface area contributed by atoms with Gasteiger partial charge in [0, 0.05) is 6.54 Å². The number of nitrogens with one attached hydrogen (secondary N) is 3. The van der Waals surface area contributed by atoms with Gasteiger partial charge in [-0.1, -0.05) is 13.8 Å². The SMILES string of the molecule is CC(C)[C@H](NC(=O)[C@@H]1CCCN1C(=O)[C@@H](N)[C@@H](C)O)C(=O)N[C@@H](C)C(=O)N[C@@H](CO)C(=O)O. The Labute approximate surface area is 192 Å². The topological polar surface area (TPSA) is 211 Å². The van der Waals surface area contributed by atoms with Crippen molar-refractivity contribution in [2.75, 3.05) is 13.2 Å². The van der Waals surface area contributed by atoms with Gasteiger partial charge in [-0.05, 0) is 32.6 Å². The first kappa shape index (κ1) is 28.3. The second-order valence-corrected chi connectivity index (χ2v) is 8.50. The Morgan fingerprint density at radius 1 is 1.03 bits per heavy atom. The van der Waals surface area contributed by atoms with Crippen molar-refractivity contribution in [3.8, 4) is 0 Å². The first-order valence-corrected chi connectivity index (χ1v) is 10.8. The number of aliphatic carboxylic acids is 1. The molecule has 1 aliphatic heterocycles. The third kappa shape index (κ3) is 7.65. The maximum Gasteiger partial charge on any atom is 0.328 e. The van der Waals surface area contributed by atoms with Gasteiger partial charge >= 0.3 is 5.97 Å².